The van der Waals surface area contributed by atoms with E-state index in [1.165, 1.54) is 0 Å². The standard InChI is InChI=1S/C16H19NO2/c1-18-14-7-3-5-12(9-14)16(11-17)13-6-4-8-15(10-13)19-2/h3-10,16H,11,17H2,1-2H3. The van der Waals surface area contributed by atoms with E-state index in [2.05, 4.69) is 12.1 Å². The molecular formula is C16H19NO2. The van der Waals surface area contributed by atoms with Crippen LogP contribution in [0.5, 0.6) is 11.5 Å². The molecule has 0 aliphatic carbocycles. The van der Waals surface area contributed by atoms with Crippen molar-refractivity contribution in [2.24, 2.45) is 5.73 Å². The van der Waals surface area contributed by atoms with Gasteiger partial charge in [-0.05, 0) is 35.4 Å². The first-order valence-electron chi connectivity index (χ1n) is 6.26. The molecule has 0 heterocycles. The largest absolute Gasteiger partial charge is 0.497 e. The molecule has 0 spiro atoms. The third-order valence-electron chi connectivity index (χ3n) is 3.23. The summed E-state index contributed by atoms with van der Waals surface area (Å²) in [6, 6.07) is 16.0. The quantitative estimate of drug-likeness (QED) is 0.895. The van der Waals surface area contributed by atoms with E-state index in [9.17, 15) is 0 Å². The molecule has 2 N–H and O–H groups in total. The van der Waals surface area contributed by atoms with Crippen LogP contribution in [0.3, 0.4) is 0 Å². The third kappa shape index (κ3) is 3.06. The Bertz CT molecular complexity index is 492. The van der Waals surface area contributed by atoms with Crippen LogP contribution >= 0.6 is 0 Å². The molecule has 0 saturated carbocycles. The van der Waals surface area contributed by atoms with Crippen molar-refractivity contribution in [1.29, 1.82) is 0 Å². The first-order valence-corrected chi connectivity index (χ1v) is 6.26. The Labute approximate surface area is 114 Å². The van der Waals surface area contributed by atoms with Gasteiger partial charge in [0.05, 0.1) is 14.2 Å². The molecule has 0 aliphatic heterocycles. The van der Waals surface area contributed by atoms with Crippen molar-refractivity contribution in [3.05, 3.63) is 59.7 Å². The van der Waals surface area contributed by atoms with Gasteiger partial charge in [-0.25, -0.2) is 0 Å². The summed E-state index contributed by atoms with van der Waals surface area (Å²) in [4.78, 5) is 0. The molecule has 0 saturated heterocycles. The van der Waals surface area contributed by atoms with Crippen molar-refractivity contribution in [3.63, 3.8) is 0 Å². The maximum absolute atomic E-state index is 5.94. The van der Waals surface area contributed by atoms with Gasteiger partial charge in [-0.2, -0.15) is 0 Å². The van der Waals surface area contributed by atoms with Crippen molar-refractivity contribution in [1.82, 2.24) is 0 Å². The molecule has 0 aliphatic rings. The van der Waals surface area contributed by atoms with Gasteiger partial charge in [-0.3, -0.25) is 0 Å². The highest BCUT2D eigenvalue weighted by atomic mass is 16.5. The van der Waals surface area contributed by atoms with Crippen molar-refractivity contribution in [2.45, 2.75) is 5.92 Å². The van der Waals surface area contributed by atoms with Gasteiger partial charge in [0, 0.05) is 12.5 Å². The van der Waals surface area contributed by atoms with Crippen LogP contribution < -0.4 is 15.2 Å². The van der Waals surface area contributed by atoms with E-state index in [4.69, 9.17) is 15.2 Å². The second-order valence-electron chi connectivity index (χ2n) is 4.34. The van der Waals surface area contributed by atoms with Gasteiger partial charge in [0.25, 0.3) is 0 Å². The molecule has 0 bridgehead atoms. The summed E-state index contributed by atoms with van der Waals surface area (Å²) in [5, 5.41) is 0. The van der Waals surface area contributed by atoms with E-state index >= 15 is 0 Å². The molecule has 0 aromatic heterocycles. The minimum absolute atomic E-state index is 0.144. The second-order valence-corrected chi connectivity index (χ2v) is 4.34. The van der Waals surface area contributed by atoms with E-state index in [-0.39, 0.29) is 5.92 Å². The summed E-state index contributed by atoms with van der Waals surface area (Å²) in [5.41, 5.74) is 8.23. The zero-order chi connectivity index (χ0) is 13.7. The fourth-order valence-electron chi connectivity index (χ4n) is 2.18. The van der Waals surface area contributed by atoms with Crippen molar-refractivity contribution in [2.75, 3.05) is 20.8 Å². The summed E-state index contributed by atoms with van der Waals surface area (Å²) in [6.45, 7) is 0.542. The minimum Gasteiger partial charge on any atom is -0.497 e. The lowest BCUT2D eigenvalue weighted by atomic mass is 9.91. The van der Waals surface area contributed by atoms with E-state index in [1.807, 2.05) is 36.4 Å². The predicted octanol–water partition coefficient (Wildman–Crippen LogP) is 2.79. The molecule has 3 heteroatoms. The van der Waals surface area contributed by atoms with Gasteiger partial charge in [0.2, 0.25) is 0 Å². The molecule has 100 valence electrons. The Morgan fingerprint density at radius 2 is 1.37 bits per heavy atom. The Balaban J connectivity index is 2.37. The summed E-state index contributed by atoms with van der Waals surface area (Å²) in [5.74, 6) is 1.84. The lowest BCUT2D eigenvalue weighted by Crippen LogP contribution is -2.14. The van der Waals surface area contributed by atoms with Crippen LogP contribution in [-0.2, 0) is 0 Å². The minimum atomic E-state index is 0.144. The topological polar surface area (TPSA) is 44.5 Å². The predicted molar refractivity (Wildman–Crippen MR) is 76.9 cm³/mol. The number of benzene rings is 2. The smallest absolute Gasteiger partial charge is 0.119 e. The number of hydrogen-bond donors (Lipinski definition) is 1. The lowest BCUT2D eigenvalue weighted by molar-refractivity contribution is 0.413. The van der Waals surface area contributed by atoms with Crippen LogP contribution in [0.1, 0.15) is 17.0 Å². The summed E-state index contributed by atoms with van der Waals surface area (Å²) < 4.78 is 10.5. The van der Waals surface area contributed by atoms with Crippen LogP contribution in [0, 0.1) is 0 Å². The van der Waals surface area contributed by atoms with Crippen LogP contribution in [0.15, 0.2) is 48.5 Å². The Hall–Kier alpha value is -2.00. The molecule has 0 unspecified atom stereocenters. The average molecular weight is 257 g/mol. The van der Waals surface area contributed by atoms with Gasteiger partial charge in [0.1, 0.15) is 11.5 Å². The maximum Gasteiger partial charge on any atom is 0.119 e. The summed E-state index contributed by atoms with van der Waals surface area (Å²) in [7, 11) is 3.34. The maximum atomic E-state index is 5.94. The molecule has 19 heavy (non-hydrogen) atoms. The molecule has 0 fully saturated rings. The first-order chi connectivity index (χ1) is 9.28. The first kappa shape index (κ1) is 13.4. The molecule has 2 aromatic rings. The van der Waals surface area contributed by atoms with Crippen molar-refractivity contribution < 1.29 is 9.47 Å². The monoisotopic (exact) mass is 257 g/mol. The third-order valence-corrected chi connectivity index (χ3v) is 3.23. The van der Waals surface area contributed by atoms with Gasteiger partial charge < -0.3 is 15.2 Å². The fraction of sp³-hybridized carbons (Fsp3) is 0.250. The fourth-order valence-corrected chi connectivity index (χ4v) is 2.18. The number of ether oxygens (including phenoxy) is 2. The molecule has 0 amide bonds. The Morgan fingerprint density at radius 1 is 0.895 bits per heavy atom. The van der Waals surface area contributed by atoms with Crippen molar-refractivity contribution in [3.8, 4) is 11.5 Å². The number of rotatable bonds is 5. The lowest BCUT2D eigenvalue weighted by Gasteiger charge is -2.17. The summed E-state index contributed by atoms with van der Waals surface area (Å²) in [6.07, 6.45) is 0. The van der Waals surface area contributed by atoms with E-state index in [1.54, 1.807) is 14.2 Å². The molecule has 0 radical (unpaired) electrons. The summed E-state index contributed by atoms with van der Waals surface area (Å²) >= 11 is 0. The molecule has 0 atom stereocenters. The molecular weight excluding hydrogens is 238 g/mol. The van der Waals surface area contributed by atoms with E-state index < -0.39 is 0 Å². The van der Waals surface area contributed by atoms with Crippen LogP contribution in [0.2, 0.25) is 0 Å². The van der Waals surface area contributed by atoms with Crippen LogP contribution in [0.25, 0.3) is 0 Å². The van der Waals surface area contributed by atoms with Crippen LogP contribution in [-0.4, -0.2) is 20.8 Å². The van der Waals surface area contributed by atoms with Crippen molar-refractivity contribution >= 4 is 0 Å². The van der Waals surface area contributed by atoms with E-state index in [0.717, 1.165) is 22.6 Å². The highest BCUT2D eigenvalue weighted by Crippen LogP contribution is 2.28. The Morgan fingerprint density at radius 3 is 1.74 bits per heavy atom. The number of hydrogen-bond acceptors (Lipinski definition) is 3. The van der Waals surface area contributed by atoms with Gasteiger partial charge in [-0.15, -0.1) is 0 Å². The van der Waals surface area contributed by atoms with E-state index in [0.29, 0.717) is 6.54 Å². The Kier molecular flexibility index (Phi) is 4.42. The molecule has 2 aromatic carbocycles. The average Bonchev–Trinajstić information content (AvgIpc) is 2.48. The molecule has 2 rings (SSSR count). The highest BCUT2D eigenvalue weighted by molar-refractivity contribution is 5.40. The van der Waals surface area contributed by atoms with Gasteiger partial charge in [-0.1, -0.05) is 24.3 Å². The van der Waals surface area contributed by atoms with Crippen LogP contribution in [0.4, 0.5) is 0 Å². The highest BCUT2D eigenvalue weighted by Gasteiger charge is 2.13. The number of nitrogens with two attached hydrogens (primary N) is 1. The SMILES string of the molecule is COc1cccc(C(CN)c2cccc(OC)c2)c1. The number of methoxy groups -OCH3 is 2. The second kappa shape index (κ2) is 6.25. The van der Waals surface area contributed by atoms with Gasteiger partial charge in [0.15, 0.2) is 0 Å². The van der Waals surface area contributed by atoms with Gasteiger partial charge >= 0.3 is 0 Å². The zero-order valence-corrected chi connectivity index (χ0v) is 11.3. The molecule has 3 nitrogen and oxygen atoms in total. The normalized spacial score (nSPS) is 10.5. The zero-order valence-electron chi connectivity index (χ0n) is 11.3.